The molecule has 3 fully saturated rings. The van der Waals surface area contributed by atoms with Crippen molar-refractivity contribution in [2.75, 3.05) is 44.3 Å². The fourth-order valence-corrected chi connectivity index (χ4v) is 5.96. The number of alkyl halides is 3. The van der Waals surface area contributed by atoms with Gasteiger partial charge in [0.25, 0.3) is 0 Å². The van der Waals surface area contributed by atoms with Crippen LogP contribution in [0.5, 0.6) is 0 Å². The molecule has 2 saturated heterocycles. The van der Waals surface area contributed by atoms with Gasteiger partial charge >= 0.3 is 6.18 Å². The molecular weight excluding hydrogens is 431 g/mol. The summed E-state index contributed by atoms with van der Waals surface area (Å²) in [4.78, 5) is 17.0. The van der Waals surface area contributed by atoms with E-state index in [1.807, 2.05) is 16.7 Å². The van der Waals surface area contributed by atoms with Gasteiger partial charge in [0, 0.05) is 50.3 Å². The van der Waals surface area contributed by atoms with Crippen LogP contribution < -0.4 is 4.90 Å². The summed E-state index contributed by atoms with van der Waals surface area (Å²) in [5.41, 5.74) is -1.10. The Morgan fingerprint density at radius 2 is 2.00 bits per heavy atom. The van der Waals surface area contributed by atoms with Crippen molar-refractivity contribution in [1.82, 2.24) is 4.90 Å². The van der Waals surface area contributed by atoms with Crippen LogP contribution in [0.25, 0.3) is 0 Å². The number of hydrogen-bond acceptors (Lipinski definition) is 4. The van der Waals surface area contributed by atoms with Gasteiger partial charge in [-0.2, -0.15) is 18.4 Å². The molecule has 1 aliphatic carbocycles. The number of anilines is 1. The molecule has 2 unspecified atom stereocenters. The van der Waals surface area contributed by atoms with Crippen molar-refractivity contribution < 1.29 is 22.7 Å². The molecule has 5 nitrogen and oxygen atoms in total. The lowest BCUT2D eigenvalue weighted by Crippen LogP contribution is -2.53. The number of nitrogens with zero attached hydrogens (tertiary/aromatic N) is 3. The van der Waals surface area contributed by atoms with E-state index in [0.29, 0.717) is 57.4 Å². The number of nitriles is 1. The van der Waals surface area contributed by atoms with E-state index in [2.05, 4.69) is 0 Å². The summed E-state index contributed by atoms with van der Waals surface area (Å²) in [5.74, 6) is 0.926. The first-order valence-electron chi connectivity index (χ1n) is 12.0. The number of carbonyl (C=O) groups excluding carboxylic acids is 1. The molecule has 3 aliphatic rings. The first-order chi connectivity index (χ1) is 15.8. The quantitative estimate of drug-likeness (QED) is 0.605. The minimum absolute atomic E-state index is 0.201. The SMILES string of the molecule is CCOCC12CN(C(=O)CC3CCCC3)CCC1CN(c1ccc(C#N)c(C(F)(F)F)c1)C2. The van der Waals surface area contributed by atoms with Crippen LogP contribution in [0.15, 0.2) is 18.2 Å². The van der Waals surface area contributed by atoms with Crippen LogP contribution in [0.3, 0.4) is 0 Å². The zero-order valence-electron chi connectivity index (χ0n) is 19.2. The third-order valence-electron chi connectivity index (χ3n) is 7.74. The summed E-state index contributed by atoms with van der Waals surface area (Å²) in [7, 11) is 0. The monoisotopic (exact) mass is 463 g/mol. The average Bonchev–Trinajstić information content (AvgIpc) is 3.44. The van der Waals surface area contributed by atoms with Crippen molar-refractivity contribution in [1.29, 1.82) is 5.26 Å². The molecule has 1 saturated carbocycles. The van der Waals surface area contributed by atoms with E-state index in [1.165, 1.54) is 18.9 Å². The van der Waals surface area contributed by atoms with Crippen LogP contribution in [0.2, 0.25) is 0 Å². The predicted molar refractivity (Wildman–Crippen MR) is 119 cm³/mol. The highest BCUT2D eigenvalue weighted by Gasteiger charge is 2.51. The van der Waals surface area contributed by atoms with E-state index in [-0.39, 0.29) is 22.8 Å². The molecule has 0 radical (unpaired) electrons. The largest absolute Gasteiger partial charge is 0.417 e. The molecule has 8 heteroatoms. The van der Waals surface area contributed by atoms with Crippen molar-refractivity contribution in [2.24, 2.45) is 17.3 Å². The number of carbonyl (C=O) groups is 1. The van der Waals surface area contributed by atoms with Crippen molar-refractivity contribution >= 4 is 11.6 Å². The Balaban J connectivity index is 1.55. The summed E-state index contributed by atoms with van der Waals surface area (Å²) in [6.45, 7) is 5.41. The van der Waals surface area contributed by atoms with Crippen molar-refractivity contribution in [2.45, 2.75) is 51.6 Å². The van der Waals surface area contributed by atoms with Gasteiger partial charge in [-0.25, -0.2) is 0 Å². The molecule has 0 aromatic heterocycles. The molecule has 2 atom stereocenters. The molecule has 1 aromatic rings. The van der Waals surface area contributed by atoms with E-state index in [4.69, 9.17) is 10.00 Å². The second-order valence-electron chi connectivity index (χ2n) is 9.87. The molecule has 4 rings (SSSR count). The Hall–Kier alpha value is -2.27. The number of hydrogen-bond donors (Lipinski definition) is 0. The number of ether oxygens (including phenoxy) is 1. The number of rotatable bonds is 6. The number of benzene rings is 1. The Morgan fingerprint density at radius 3 is 2.67 bits per heavy atom. The van der Waals surface area contributed by atoms with E-state index in [0.717, 1.165) is 25.3 Å². The topological polar surface area (TPSA) is 56.6 Å². The van der Waals surface area contributed by atoms with Crippen LogP contribution in [-0.2, 0) is 15.7 Å². The third kappa shape index (κ3) is 4.98. The molecule has 180 valence electrons. The fraction of sp³-hybridized carbons (Fsp3) is 0.680. The minimum atomic E-state index is -4.58. The predicted octanol–water partition coefficient (Wildman–Crippen LogP) is 4.85. The van der Waals surface area contributed by atoms with E-state index < -0.39 is 11.7 Å². The minimum Gasteiger partial charge on any atom is -0.381 e. The molecular formula is C25H32F3N3O2. The van der Waals surface area contributed by atoms with Gasteiger partial charge in [-0.3, -0.25) is 4.79 Å². The van der Waals surface area contributed by atoms with Gasteiger partial charge in [0.15, 0.2) is 0 Å². The molecule has 0 bridgehead atoms. The Kier molecular flexibility index (Phi) is 6.90. The molecule has 1 amide bonds. The molecule has 1 aromatic carbocycles. The van der Waals surface area contributed by atoms with Gasteiger partial charge in [-0.15, -0.1) is 0 Å². The highest BCUT2D eigenvalue weighted by atomic mass is 19.4. The van der Waals surface area contributed by atoms with Crippen LogP contribution in [0.1, 0.15) is 56.6 Å². The van der Waals surface area contributed by atoms with E-state index in [1.54, 1.807) is 12.1 Å². The lowest BCUT2D eigenvalue weighted by Gasteiger charge is -2.44. The number of fused-ring (bicyclic) bond motifs is 1. The smallest absolute Gasteiger partial charge is 0.381 e. The Morgan fingerprint density at radius 1 is 1.24 bits per heavy atom. The maximum absolute atomic E-state index is 13.5. The van der Waals surface area contributed by atoms with Crippen molar-refractivity contribution in [3.05, 3.63) is 29.3 Å². The summed E-state index contributed by atoms with van der Waals surface area (Å²) in [6.07, 6.45) is 1.49. The first-order valence-corrected chi connectivity index (χ1v) is 12.0. The summed E-state index contributed by atoms with van der Waals surface area (Å²) >= 11 is 0. The Bertz CT molecular complexity index is 907. The molecule has 2 aliphatic heterocycles. The fourth-order valence-electron chi connectivity index (χ4n) is 5.96. The van der Waals surface area contributed by atoms with Gasteiger partial charge in [-0.1, -0.05) is 12.8 Å². The highest BCUT2D eigenvalue weighted by Crippen LogP contribution is 2.45. The lowest BCUT2D eigenvalue weighted by molar-refractivity contribution is -0.138. The number of piperidine rings is 1. The van der Waals surface area contributed by atoms with Crippen molar-refractivity contribution in [3.8, 4) is 6.07 Å². The number of likely N-dealkylation sites (tertiary alicyclic amines) is 1. The van der Waals surface area contributed by atoms with Crippen molar-refractivity contribution in [3.63, 3.8) is 0 Å². The van der Waals surface area contributed by atoms with Crippen LogP contribution >= 0.6 is 0 Å². The third-order valence-corrected chi connectivity index (χ3v) is 7.74. The number of halogens is 3. The van der Waals surface area contributed by atoms with Gasteiger partial charge in [0.1, 0.15) is 0 Å². The van der Waals surface area contributed by atoms with Gasteiger partial charge in [-0.05, 0) is 56.2 Å². The van der Waals surface area contributed by atoms with Crippen LogP contribution in [-0.4, -0.2) is 50.2 Å². The van der Waals surface area contributed by atoms with E-state index >= 15 is 0 Å². The summed E-state index contributed by atoms with van der Waals surface area (Å²) < 4.78 is 46.4. The van der Waals surface area contributed by atoms with Crippen LogP contribution in [0, 0.1) is 28.6 Å². The maximum atomic E-state index is 13.5. The molecule has 0 N–H and O–H groups in total. The molecule has 2 heterocycles. The highest BCUT2D eigenvalue weighted by molar-refractivity contribution is 5.76. The maximum Gasteiger partial charge on any atom is 0.417 e. The van der Waals surface area contributed by atoms with E-state index in [9.17, 15) is 18.0 Å². The lowest BCUT2D eigenvalue weighted by atomic mass is 9.73. The van der Waals surface area contributed by atoms with Gasteiger partial charge in [0.2, 0.25) is 5.91 Å². The molecule has 0 spiro atoms. The van der Waals surface area contributed by atoms with Gasteiger partial charge in [0.05, 0.1) is 23.8 Å². The van der Waals surface area contributed by atoms with Crippen LogP contribution in [0.4, 0.5) is 18.9 Å². The zero-order chi connectivity index (χ0) is 23.6. The van der Waals surface area contributed by atoms with Gasteiger partial charge < -0.3 is 14.5 Å². The molecule has 33 heavy (non-hydrogen) atoms. The zero-order valence-corrected chi connectivity index (χ0v) is 19.2. The standard InChI is InChI=1S/C25H32F3N3O2/c1-2-33-17-24-15-30(23(32)11-18-5-3-4-6-18)10-9-20(24)14-31(16-24)21-8-7-19(13-29)22(12-21)25(26,27)28/h7-8,12,18,20H,2-6,9-11,14-17H2,1H3. The normalized spacial score (nSPS) is 25.8. The second-order valence-corrected chi connectivity index (χ2v) is 9.87. The number of amides is 1. The average molecular weight is 464 g/mol. The summed E-state index contributed by atoms with van der Waals surface area (Å²) in [6, 6.07) is 5.60. The Labute approximate surface area is 193 Å². The summed E-state index contributed by atoms with van der Waals surface area (Å²) in [5, 5.41) is 9.11. The second kappa shape index (κ2) is 9.54. The first kappa shape index (κ1) is 23.9.